The highest BCUT2D eigenvalue weighted by Crippen LogP contribution is 2.44. The molecule has 162 valence electrons. The number of rotatable bonds is 8. The van der Waals surface area contributed by atoms with Crippen LogP contribution in [0.25, 0.3) is 0 Å². The molecule has 1 amide bonds. The second-order valence-corrected chi connectivity index (χ2v) is 8.92. The van der Waals surface area contributed by atoms with Gasteiger partial charge in [0.25, 0.3) is 0 Å². The number of hydrogen-bond acceptors (Lipinski definition) is 3. The minimum atomic E-state index is -0.275. The van der Waals surface area contributed by atoms with Gasteiger partial charge in [0.1, 0.15) is 5.82 Å². The van der Waals surface area contributed by atoms with E-state index in [9.17, 15) is 14.4 Å². The van der Waals surface area contributed by atoms with Gasteiger partial charge in [0.2, 0.25) is 5.91 Å². The summed E-state index contributed by atoms with van der Waals surface area (Å²) in [7, 11) is 3.88. The Balaban J connectivity index is 1.72. The molecule has 1 saturated carbocycles. The predicted molar refractivity (Wildman–Crippen MR) is 122 cm³/mol. The minimum Gasteiger partial charge on any atom is -0.305 e. The molecule has 31 heavy (non-hydrogen) atoms. The second-order valence-electron chi connectivity index (χ2n) is 8.92. The molecule has 5 heteroatoms. The van der Waals surface area contributed by atoms with Crippen LogP contribution in [0.2, 0.25) is 0 Å². The van der Waals surface area contributed by atoms with Gasteiger partial charge in [-0.25, -0.2) is 9.38 Å². The van der Waals surface area contributed by atoms with Crippen LogP contribution in [-0.4, -0.2) is 31.1 Å². The van der Waals surface area contributed by atoms with Crippen molar-refractivity contribution in [2.45, 2.75) is 57.9 Å². The second kappa shape index (κ2) is 9.98. The van der Waals surface area contributed by atoms with Gasteiger partial charge in [-0.1, -0.05) is 26.0 Å². The average Bonchev–Trinajstić information content (AvgIpc) is 3.54. The lowest BCUT2D eigenvalue weighted by atomic mass is 9.87. The number of amides is 1. The lowest BCUT2D eigenvalue weighted by Gasteiger charge is -2.17. The summed E-state index contributed by atoms with van der Waals surface area (Å²) in [6.07, 6.45) is 4.19. The normalized spacial score (nSPS) is 13.9. The number of carbonyl (C=O) groups excluding carboxylic acids is 1. The number of halogens is 1. The molecule has 0 heterocycles. The monoisotopic (exact) mass is 419 g/mol. The first kappa shape index (κ1) is 22.8. The van der Waals surface area contributed by atoms with Crippen molar-refractivity contribution < 1.29 is 9.18 Å². The zero-order chi connectivity index (χ0) is 22.5. The molecule has 0 aliphatic heterocycles. The Bertz CT molecular complexity index is 1010. The fourth-order valence-electron chi connectivity index (χ4n) is 3.92. The smallest absolute Gasteiger partial charge is 0.249 e. The van der Waals surface area contributed by atoms with Crippen molar-refractivity contribution in [2.75, 3.05) is 14.1 Å². The van der Waals surface area contributed by atoms with Gasteiger partial charge in [0.05, 0.1) is 18.1 Å². The molecule has 2 aromatic rings. The highest BCUT2D eigenvalue weighted by molar-refractivity contribution is 5.87. The number of nitriles is 1. The van der Waals surface area contributed by atoms with Gasteiger partial charge in [-0.2, -0.15) is 5.26 Å². The molecule has 0 bridgehead atoms. The Morgan fingerprint density at radius 1 is 1.29 bits per heavy atom. The molecule has 0 spiro atoms. The van der Waals surface area contributed by atoms with E-state index in [1.165, 1.54) is 6.21 Å². The van der Waals surface area contributed by atoms with Gasteiger partial charge in [0.15, 0.2) is 0 Å². The maximum Gasteiger partial charge on any atom is 0.249 e. The van der Waals surface area contributed by atoms with Crippen molar-refractivity contribution in [3.05, 3.63) is 69.5 Å². The standard InChI is InChI=1S/C26H30FN3O/c1-17(2)22-11-19(15-28)12-23(20-7-8-20)24(22)14-26(31)29-10-9-21-6-5-18(13-25(21)27)16-30(3)4/h5-6,10-13,17,20H,7-9,14,16H2,1-4H3. The maximum absolute atomic E-state index is 14.3. The van der Waals surface area contributed by atoms with Gasteiger partial charge in [-0.15, -0.1) is 0 Å². The topological polar surface area (TPSA) is 56.5 Å². The number of carbonyl (C=O) groups is 1. The molecule has 1 fully saturated rings. The van der Waals surface area contributed by atoms with Crippen molar-refractivity contribution in [3.63, 3.8) is 0 Å². The Hall–Kier alpha value is -2.84. The number of benzene rings is 2. The lowest BCUT2D eigenvalue weighted by molar-refractivity contribution is -0.117. The van der Waals surface area contributed by atoms with Crippen LogP contribution in [0.15, 0.2) is 35.3 Å². The van der Waals surface area contributed by atoms with E-state index >= 15 is 0 Å². The quantitative estimate of drug-likeness (QED) is 0.557. The Morgan fingerprint density at radius 2 is 2.03 bits per heavy atom. The third-order valence-corrected chi connectivity index (χ3v) is 5.58. The third kappa shape index (κ3) is 6.08. The lowest BCUT2D eigenvalue weighted by Crippen LogP contribution is -2.11. The number of nitrogens with zero attached hydrogens (tertiary/aromatic N) is 3. The first-order chi connectivity index (χ1) is 14.8. The summed E-state index contributed by atoms with van der Waals surface area (Å²) in [6, 6.07) is 11.3. The number of aliphatic imine (C=N–C) groups is 1. The number of hydrogen-bond donors (Lipinski definition) is 0. The van der Waals surface area contributed by atoms with Crippen molar-refractivity contribution >= 4 is 12.1 Å². The van der Waals surface area contributed by atoms with E-state index in [0.717, 1.165) is 35.1 Å². The van der Waals surface area contributed by atoms with Crippen LogP contribution in [0.5, 0.6) is 0 Å². The Kier molecular flexibility index (Phi) is 7.35. The van der Waals surface area contributed by atoms with E-state index in [1.807, 2.05) is 37.2 Å². The molecule has 0 unspecified atom stereocenters. The zero-order valence-electron chi connectivity index (χ0n) is 18.8. The predicted octanol–water partition coefficient (Wildman–Crippen LogP) is 5.14. The molecule has 0 aromatic heterocycles. The van der Waals surface area contributed by atoms with Gasteiger partial charge in [0, 0.05) is 19.2 Å². The van der Waals surface area contributed by atoms with Crippen LogP contribution in [0.1, 0.15) is 71.9 Å². The fourth-order valence-corrected chi connectivity index (χ4v) is 3.92. The summed E-state index contributed by atoms with van der Waals surface area (Å²) in [4.78, 5) is 18.7. The van der Waals surface area contributed by atoms with E-state index in [-0.39, 0.29) is 30.5 Å². The molecule has 3 rings (SSSR count). The zero-order valence-corrected chi connectivity index (χ0v) is 18.8. The van der Waals surface area contributed by atoms with E-state index in [4.69, 9.17) is 0 Å². The van der Waals surface area contributed by atoms with Gasteiger partial charge >= 0.3 is 0 Å². The molecule has 0 atom stereocenters. The highest BCUT2D eigenvalue weighted by Gasteiger charge is 2.29. The molecular weight excluding hydrogens is 389 g/mol. The minimum absolute atomic E-state index is 0.214. The molecule has 1 aliphatic rings. The maximum atomic E-state index is 14.3. The summed E-state index contributed by atoms with van der Waals surface area (Å²) in [5.41, 5.74) is 5.27. The molecule has 0 saturated heterocycles. The summed E-state index contributed by atoms with van der Waals surface area (Å²) in [5.74, 6) is 0.140. The van der Waals surface area contributed by atoms with Gasteiger partial charge in [-0.3, -0.25) is 4.79 Å². The van der Waals surface area contributed by atoms with E-state index in [0.29, 0.717) is 23.6 Å². The van der Waals surface area contributed by atoms with E-state index in [1.54, 1.807) is 12.1 Å². The molecule has 2 aromatic carbocycles. The Labute approximate surface area is 184 Å². The van der Waals surface area contributed by atoms with Crippen LogP contribution in [-0.2, 0) is 24.2 Å². The first-order valence-corrected chi connectivity index (χ1v) is 10.8. The molecular formula is C26H30FN3O. The fraction of sp³-hybridized carbons (Fsp3) is 0.423. The van der Waals surface area contributed by atoms with Gasteiger partial charge < -0.3 is 4.90 Å². The van der Waals surface area contributed by atoms with Crippen LogP contribution in [0.4, 0.5) is 4.39 Å². The van der Waals surface area contributed by atoms with Gasteiger partial charge in [-0.05, 0) is 84.8 Å². The summed E-state index contributed by atoms with van der Waals surface area (Å²) < 4.78 is 14.3. The Morgan fingerprint density at radius 3 is 2.61 bits per heavy atom. The summed E-state index contributed by atoms with van der Waals surface area (Å²) >= 11 is 0. The highest BCUT2D eigenvalue weighted by atomic mass is 19.1. The van der Waals surface area contributed by atoms with E-state index in [2.05, 4.69) is 24.9 Å². The summed E-state index contributed by atoms with van der Waals surface area (Å²) in [5, 5.41) is 9.38. The molecule has 1 aliphatic carbocycles. The van der Waals surface area contributed by atoms with Crippen molar-refractivity contribution in [1.29, 1.82) is 5.26 Å². The first-order valence-electron chi connectivity index (χ1n) is 10.8. The van der Waals surface area contributed by atoms with Crippen LogP contribution >= 0.6 is 0 Å². The summed E-state index contributed by atoms with van der Waals surface area (Å²) in [6.45, 7) is 4.83. The van der Waals surface area contributed by atoms with Crippen LogP contribution in [0.3, 0.4) is 0 Å². The average molecular weight is 420 g/mol. The SMILES string of the molecule is CC(C)c1cc(C#N)cc(C2CC2)c1CC(=O)N=CCc1ccc(CN(C)C)cc1F. The molecule has 0 N–H and O–H groups in total. The third-order valence-electron chi connectivity index (χ3n) is 5.58. The van der Waals surface area contributed by atoms with Crippen LogP contribution in [0, 0.1) is 17.1 Å². The van der Waals surface area contributed by atoms with Crippen molar-refractivity contribution in [3.8, 4) is 6.07 Å². The van der Waals surface area contributed by atoms with Crippen molar-refractivity contribution in [2.24, 2.45) is 4.99 Å². The van der Waals surface area contributed by atoms with E-state index < -0.39 is 0 Å². The largest absolute Gasteiger partial charge is 0.305 e. The molecule has 0 radical (unpaired) electrons. The van der Waals surface area contributed by atoms with Crippen molar-refractivity contribution in [1.82, 2.24) is 4.90 Å². The molecule has 4 nitrogen and oxygen atoms in total. The van der Waals surface area contributed by atoms with Crippen LogP contribution < -0.4 is 0 Å².